The summed E-state index contributed by atoms with van der Waals surface area (Å²) in [5.74, 6) is 0. The van der Waals surface area contributed by atoms with Crippen LogP contribution >= 0.6 is 15.9 Å². The molecule has 0 aliphatic carbocycles. The van der Waals surface area contributed by atoms with Gasteiger partial charge in [-0.2, -0.15) is 0 Å². The molecule has 0 aromatic heterocycles. The van der Waals surface area contributed by atoms with Crippen LogP contribution in [-0.4, -0.2) is 8.96 Å². The molecular weight excluding hydrogens is 296 g/mol. The van der Waals surface area contributed by atoms with Gasteiger partial charge in [-0.25, -0.2) is 0 Å². The molecule has 2 aromatic carbocycles. The van der Waals surface area contributed by atoms with Crippen molar-refractivity contribution in [3.8, 4) is 0 Å². The van der Waals surface area contributed by atoms with E-state index in [1.807, 2.05) is 57.2 Å². The van der Waals surface area contributed by atoms with Gasteiger partial charge in [0, 0.05) is 9.22 Å². The molecule has 2 rings (SSSR count). The summed E-state index contributed by atoms with van der Waals surface area (Å²) < 4.78 is 13.2. The molecule has 1 atom stereocenters. The Morgan fingerprint density at radius 2 is 1.71 bits per heavy atom. The minimum Gasteiger partial charge on any atom is -0.254 e. The topological polar surface area (TPSA) is 17.1 Å². The zero-order valence-corrected chi connectivity index (χ0v) is 12.6. The van der Waals surface area contributed by atoms with Crippen LogP contribution in [0.15, 0.2) is 45.8 Å². The highest BCUT2D eigenvalue weighted by Crippen LogP contribution is 2.33. The Kier molecular flexibility index (Phi) is 3.41. The van der Waals surface area contributed by atoms with Crippen molar-refractivity contribution in [2.45, 2.75) is 30.4 Å². The molecule has 0 bridgehead atoms. The highest BCUT2D eigenvalue weighted by Gasteiger charge is 2.24. The van der Waals surface area contributed by atoms with E-state index in [1.165, 1.54) is 0 Å². The van der Waals surface area contributed by atoms with Gasteiger partial charge in [0.1, 0.15) is 0 Å². The molecule has 0 saturated heterocycles. The van der Waals surface area contributed by atoms with Gasteiger partial charge in [0.2, 0.25) is 0 Å². The standard InChI is InChI=1S/C14H15BrOS/c1-14(2,3)17(16)13-11-7-5-4-6-10(11)8-9-12(13)15/h4-9H,1-3H3. The first-order valence-corrected chi connectivity index (χ1v) is 7.44. The fourth-order valence-corrected chi connectivity index (χ4v) is 3.74. The van der Waals surface area contributed by atoms with Gasteiger partial charge in [-0.3, -0.25) is 4.21 Å². The molecule has 0 spiro atoms. The quantitative estimate of drug-likeness (QED) is 0.757. The second-order valence-corrected chi connectivity index (χ2v) is 8.00. The predicted octanol–water partition coefficient (Wildman–Crippen LogP) is 4.51. The summed E-state index contributed by atoms with van der Waals surface area (Å²) in [6, 6.07) is 12.1. The lowest BCUT2D eigenvalue weighted by Gasteiger charge is -2.20. The maximum atomic E-state index is 12.6. The van der Waals surface area contributed by atoms with E-state index in [1.54, 1.807) is 0 Å². The third-order valence-electron chi connectivity index (χ3n) is 2.57. The van der Waals surface area contributed by atoms with Gasteiger partial charge in [0.05, 0.1) is 15.7 Å². The molecule has 0 saturated carbocycles. The van der Waals surface area contributed by atoms with Crippen molar-refractivity contribution in [2.24, 2.45) is 0 Å². The predicted molar refractivity (Wildman–Crippen MR) is 77.8 cm³/mol. The Morgan fingerprint density at radius 1 is 1.06 bits per heavy atom. The summed E-state index contributed by atoms with van der Waals surface area (Å²) in [5, 5.41) is 2.19. The third-order valence-corrected chi connectivity index (χ3v) is 5.42. The molecule has 17 heavy (non-hydrogen) atoms. The average Bonchev–Trinajstić information content (AvgIpc) is 2.27. The Balaban J connectivity index is 2.76. The Hall–Kier alpha value is -0.670. The van der Waals surface area contributed by atoms with Crippen LogP contribution in [0.25, 0.3) is 10.8 Å². The summed E-state index contributed by atoms with van der Waals surface area (Å²) >= 11 is 3.52. The Labute approximate surface area is 113 Å². The lowest BCUT2D eigenvalue weighted by molar-refractivity contribution is 0.649. The van der Waals surface area contributed by atoms with Gasteiger partial charge in [-0.05, 0) is 53.5 Å². The second kappa shape index (κ2) is 4.54. The molecule has 0 amide bonds. The van der Waals surface area contributed by atoms with E-state index >= 15 is 0 Å². The average molecular weight is 311 g/mol. The summed E-state index contributed by atoms with van der Waals surface area (Å²) in [6.07, 6.45) is 0. The fraction of sp³-hybridized carbons (Fsp3) is 0.286. The van der Waals surface area contributed by atoms with Crippen molar-refractivity contribution in [1.29, 1.82) is 0 Å². The molecular formula is C14H15BrOS. The van der Waals surface area contributed by atoms with Crippen LogP contribution < -0.4 is 0 Å². The molecule has 0 N–H and O–H groups in total. The minimum atomic E-state index is -1.03. The smallest absolute Gasteiger partial charge is 0.0613 e. The van der Waals surface area contributed by atoms with Crippen molar-refractivity contribution < 1.29 is 4.21 Å². The lowest BCUT2D eigenvalue weighted by Crippen LogP contribution is -2.22. The van der Waals surface area contributed by atoms with Crippen LogP contribution in [-0.2, 0) is 10.8 Å². The van der Waals surface area contributed by atoms with Crippen LogP contribution in [0.4, 0.5) is 0 Å². The van der Waals surface area contributed by atoms with E-state index in [2.05, 4.69) is 15.9 Å². The Bertz CT molecular complexity index is 584. The molecule has 0 aliphatic rings. The normalized spacial score (nSPS) is 13.9. The number of benzene rings is 2. The number of hydrogen-bond donors (Lipinski definition) is 0. The molecule has 1 unspecified atom stereocenters. The van der Waals surface area contributed by atoms with Gasteiger partial charge >= 0.3 is 0 Å². The maximum absolute atomic E-state index is 12.6. The van der Waals surface area contributed by atoms with Crippen LogP contribution in [0.1, 0.15) is 20.8 Å². The van der Waals surface area contributed by atoms with E-state index in [0.29, 0.717) is 0 Å². The summed E-state index contributed by atoms with van der Waals surface area (Å²) in [6.45, 7) is 5.99. The number of hydrogen-bond acceptors (Lipinski definition) is 1. The van der Waals surface area contributed by atoms with Crippen LogP contribution in [0, 0.1) is 0 Å². The lowest BCUT2D eigenvalue weighted by atomic mass is 10.1. The molecule has 0 heterocycles. The van der Waals surface area contributed by atoms with E-state index in [0.717, 1.165) is 20.1 Å². The van der Waals surface area contributed by atoms with Gasteiger partial charge in [-0.15, -0.1) is 0 Å². The van der Waals surface area contributed by atoms with Crippen LogP contribution in [0.5, 0.6) is 0 Å². The zero-order valence-electron chi connectivity index (χ0n) is 10.2. The Morgan fingerprint density at radius 3 is 2.35 bits per heavy atom. The van der Waals surface area contributed by atoms with Crippen molar-refractivity contribution in [3.05, 3.63) is 40.9 Å². The fourth-order valence-electron chi connectivity index (χ4n) is 1.71. The maximum Gasteiger partial charge on any atom is 0.0613 e. The van der Waals surface area contributed by atoms with E-state index in [9.17, 15) is 4.21 Å². The van der Waals surface area contributed by atoms with E-state index in [-0.39, 0.29) is 4.75 Å². The summed E-state index contributed by atoms with van der Waals surface area (Å²) in [4.78, 5) is 0.899. The molecule has 0 fully saturated rings. The molecule has 0 radical (unpaired) electrons. The first kappa shape index (κ1) is 12.8. The summed E-state index contributed by atoms with van der Waals surface area (Å²) in [5.41, 5.74) is 0. The van der Waals surface area contributed by atoms with Gasteiger partial charge in [-0.1, -0.05) is 30.3 Å². The van der Waals surface area contributed by atoms with E-state index in [4.69, 9.17) is 0 Å². The van der Waals surface area contributed by atoms with Crippen molar-refractivity contribution in [3.63, 3.8) is 0 Å². The minimum absolute atomic E-state index is 0.257. The van der Waals surface area contributed by atoms with Gasteiger partial charge < -0.3 is 0 Å². The molecule has 0 aliphatic heterocycles. The summed E-state index contributed by atoms with van der Waals surface area (Å²) in [7, 11) is -1.03. The zero-order chi connectivity index (χ0) is 12.6. The first-order chi connectivity index (χ1) is 7.91. The highest BCUT2D eigenvalue weighted by molar-refractivity contribution is 9.10. The van der Waals surface area contributed by atoms with Crippen LogP contribution in [0.2, 0.25) is 0 Å². The largest absolute Gasteiger partial charge is 0.254 e. The second-order valence-electron chi connectivity index (χ2n) is 4.98. The van der Waals surface area contributed by atoms with Crippen molar-refractivity contribution >= 4 is 37.5 Å². The molecule has 90 valence electrons. The highest BCUT2D eigenvalue weighted by atomic mass is 79.9. The molecule has 1 nitrogen and oxygen atoms in total. The van der Waals surface area contributed by atoms with E-state index < -0.39 is 10.8 Å². The van der Waals surface area contributed by atoms with Crippen molar-refractivity contribution in [1.82, 2.24) is 0 Å². The number of fused-ring (bicyclic) bond motifs is 1. The van der Waals surface area contributed by atoms with Crippen molar-refractivity contribution in [2.75, 3.05) is 0 Å². The molecule has 2 aromatic rings. The van der Waals surface area contributed by atoms with Gasteiger partial charge in [0.15, 0.2) is 0 Å². The monoisotopic (exact) mass is 310 g/mol. The number of halogens is 1. The van der Waals surface area contributed by atoms with Crippen LogP contribution in [0.3, 0.4) is 0 Å². The third kappa shape index (κ3) is 2.45. The SMILES string of the molecule is CC(C)(C)S(=O)c1c(Br)ccc2ccccc12. The number of rotatable bonds is 1. The van der Waals surface area contributed by atoms with Gasteiger partial charge in [0.25, 0.3) is 0 Å². The first-order valence-electron chi connectivity index (χ1n) is 5.50. The molecule has 3 heteroatoms.